The Balaban J connectivity index is 2.18. The molecule has 0 aromatic carbocycles. The van der Waals surface area contributed by atoms with Gasteiger partial charge in [-0.15, -0.1) is 11.3 Å². The van der Waals surface area contributed by atoms with E-state index in [2.05, 4.69) is 10.3 Å². The third kappa shape index (κ3) is 2.94. The van der Waals surface area contributed by atoms with Gasteiger partial charge in [0.05, 0.1) is 17.7 Å². The maximum Gasteiger partial charge on any atom is 0.246 e. The molecule has 1 N–H and O–H groups in total. The molecule has 5 nitrogen and oxygen atoms in total. The molecule has 1 saturated heterocycles. The topological polar surface area (TPSA) is 62.3 Å². The van der Waals surface area contributed by atoms with Crippen molar-refractivity contribution in [2.24, 2.45) is 0 Å². The lowest BCUT2D eigenvalue weighted by Gasteiger charge is -2.38. The molecule has 6 heteroatoms. The Labute approximate surface area is 117 Å². The Morgan fingerprint density at radius 2 is 2.21 bits per heavy atom. The molecule has 2 unspecified atom stereocenters. The average Bonchev–Trinajstić information content (AvgIpc) is 2.89. The smallest absolute Gasteiger partial charge is 0.246 e. The summed E-state index contributed by atoms with van der Waals surface area (Å²) < 4.78 is 0. The van der Waals surface area contributed by atoms with Crippen molar-refractivity contribution in [2.45, 2.75) is 51.7 Å². The fraction of sp³-hybridized carbons (Fsp3) is 0.615. The quantitative estimate of drug-likeness (QED) is 0.890. The van der Waals surface area contributed by atoms with Gasteiger partial charge in [0.2, 0.25) is 11.8 Å². The van der Waals surface area contributed by atoms with Crippen molar-refractivity contribution in [1.82, 2.24) is 15.2 Å². The maximum atomic E-state index is 12.4. The molecule has 1 aromatic heterocycles. The summed E-state index contributed by atoms with van der Waals surface area (Å²) in [4.78, 5) is 30.4. The Bertz CT molecular complexity index is 447. The van der Waals surface area contributed by atoms with Crippen LogP contribution in [0.1, 0.15) is 38.8 Å². The summed E-state index contributed by atoms with van der Waals surface area (Å²) >= 11 is 1.50. The minimum atomic E-state index is -0.376. The Morgan fingerprint density at radius 3 is 2.79 bits per heavy atom. The lowest BCUT2D eigenvalue weighted by molar-refractivity contribution is -0.150. The molecular formula is C13H19N3O2S. The van der Waals surface area contributed by atoms with Gasteiger partial charge in [-0.2, -0.15) is 0 Å². The summed E-state index contributed by atoms with van der Waals surface area (Å²) in [5.74, 6) is -0.0305. The highest BCUT2D eigenvalue weighted by Crippen LogP contribution is 2.18. The fourth-order valence-electron chi connectivity index (χ4n) is 2.39. The summed E-state index contributed by atoms with van der Waals surface area (Å²) in [7, 11) is 0. The van der Waals surface area contributed by atoms with Gasteiger partial charge in [-0.25, -0.2) is 4.98 Å². The number of nitrogens with zero attached hydrogens (tertiary/aromatic N) is 2. The summed E-state index contributed by atoms with van der Waals surface area (Å²) in [5, 5.41) is 4.75. The van der Waals surface area contributed by atoms with E-state index in [0.29, 0.717) is 19.4 Å². The number of hydrogen-bond acceptors (Lipinski definition) is 4. The van der Waals surface area contributed by atoms with Crippen molar-refractivity contribution in [3.05, 3.63) is 16.6 Å². The molecule has 2 heterocycles. The molecule has 1 fully saturated rings. The minimum absolute atomic E-state index is 0.0151. The summed E-state index contributed by atoms with van der Waals surface area (Å²) in [5.41, 5.74) is 2.59. The molecule has 0 bridgehead atoms. The van der Waals surface area contributed by atoms with Gasteiger partial charge in [-0.3, -0.25) is 9.59 Å². The van der Waals surface area contributed by atoms with Gasteiger partial charge in [0.15, 0.2) is 0 Å². The highest BCUT2D eigenvalue weighted by atomic mass is 32.1. The number of hydrogen-bond donors (Lipinski definition) is 1. The van der Waals surface area contributed by atoms with Crippen molar-refractivity contribution >= 4 is 23.2 Å². The minimum Gasteiger partial charge on any atom is -0.343 e. The molecule has 1 aromatic rings. The van der Waals surface area contributed by atoms with Crippen LogP contribution in [-0.2, 0) is 16.1 Å². The molecule has 1 aliphatic heterocycles. The van der Waals surface area contributed by atoms with Crippen LogP contribution in [0.3, 0.4) is 0 Å². The number of carbonyl (C=O) groups is 2. The van der Waals surface area contributed by atoms with Crippen molar-refractivity contribution < 1.29 is 9.59 Å². The monoisotopic (exact) mass is 281 g/mol. The molecule has 0 spiro atoms. The van der Waals surface area contributed by atoms with Crippen molar-refractivity contribution in [3.63, 3.8) is 0 Å². The van der Waals surface area contributed by atoms with Crippen LogP contribution in [0.4, 0.5) is 0 Å². The van der Waals surface area contributed by atoms with Gasteiger partial charge in [0.25, 0.3) is 0 Å². The molecular weight excluding hydrogens is 262 g/mol. The largest absolute Gasteiger partial charge is 0.343 e. The lowest BCUT2D eigenvalue weighted by atomic mass is 10.0. The normalized spacial score (nSPS) is 23.6. The second kappa shape index (κ2) is 6.14. The first-order valence-corrected chi connectivity index (χ1v) is 7.59. The van der Waals surface area contributed by atoms with E-state index in [1.807, 2.05) is 19.2 Å². The van der Waals surface area contributed by atoms with Crippen LogP contribution in [0, 0.1) is 0 Å². The fourth-order valence-corrected chi connectivity index (χ4v) is 2.94. The zero-order valence-corrected chi connectivity index (χ0v) is 12.1. The number of aromatic nitrogens is 1. The Kier molecular flexibility index (Phi) is 4.52. The highest BCUT2D eigenvalue weighted by Gasteiger charge is 2.39. The Morgan fingerprint density at radius 1 is 1.42 bits per heavy atom. The van der Waals surface area contributed by atoms with Crippen LogP contribution in [-0.4, -0.2) is 33.8 Å². The molecule has 2 rings (SSSR count). The maximum absolute atomic E-state index is 12.4. The Hall–Kier alpha value is -1.43. The van der Waals surface area contributed by atoms with Crippen molar-refractivity contribution in [2.75, 3.05) is 0 Å². The number of rotatable bonds is 5. The molecule has 2 atom stereocenters. The molecule has 104 valence electrons. The van der Waals surface area contributed by atoms with E-state index >= 15 is 0 Å². The molecule has 2 amide bonds. The van der Waals surface area contributed by atoms with Gasteiger partial charge >= 0.3 is 0 Å². The number of nitrogens with one attached hydrogen (secondary N) is 1. The SMILES string of the molecule is CCCC1NC(=O)C(CC)N(Cc2cscn2)C1=O. The molecule has 19 heavy (non-hydrogen) atoms. The van der Waals surface area contributed by atoms with E-state index in [-0.39, 0.29) is 23.9 Å². The van der Waals surface area contributed by atoms with Crippen LogP contribution >= 0.6 is 11.3 Å². The van der Waals surface area contributed by atoms with Crippen LogP contribution in [0.5, 0.6) is 0 Å². The zero-order chi connectivity index (χ0) is 13.8. The van der Waals surface area contributed by atoms with E-state index in [1.165, 1.54) is 11.3 Å². The van der Waals surface area contributed by atoms with Gasteiger partial charge in [0.1, 0.15) is 12.1 Å². The first-order valence-electron chi connectivity index (χ1n) is 6.65. The van der Waals surface area contributed by atoms with Crippen LogP contribution in [0.15, 0.2) is 10.9 Å². The van der Waals surface area contributed by atoms with Crippen LogP contribution in [0.25, 0.3) is 0 Å². The van der Waals surface area contributed by atoms with Gasteiger partial charge in [-0.1, -0.05) is 20.3 Å². The zero-order valence-electron chi connectivity index (χ0n) is 11.3. The van der Waals surface area contributed by atoms with E-state index in [9.17, 15) is 9.59 Å². The van der Waals surface area contributed by atoms with Crippen LogP contribution in [0.2, 0.25) is 0 Å². The number of piperazine rings is 1. The third-order valence-corrected chi connectivity index (χ3v) is 3.99. The first kappa shape index (κ1) is 14.0. The second-order valence-corrected chi connectivity index (χ2v) is 5.44. The second-order valence-electron chi connectivity index (χ2n) is 4.72. The molecule has 0 radical (unpaired) electrons. The number of carbonyl (C=O) groups excluding carboxylic acids is 2. The van der Waals surface area contributed by atoms with Crippen molar-refractivity contribution in [3.8, 4) is 0 Å². The van der Waals surface area contributed by atoms with Gasteiger partial charge < -0.3 is 10.2 Å². The number of thiazole rings is 1. The van der Waals surface area contributed by atoms with Crippen LogP contribution < -0.4 is 5.32 Å². The molecule has 1 aliphatic rings. The summed E-state index contributed by atoms with van der Waals surface area (Å²) in [6, 6.07) is -0.749. The highest BCUT2D eigenvalue weighted by molar-refractivity contribution is 7.07. The van der Waals surface area contributed by atoms with E-state index in [1.54, 1.807) is 10.4 Å². The van der Waals surface area contributed by atoms with E-state index in [0.717, 1.165) is 12.1 Å². The van der Waals surface area contributed by atoms with Gasteiger partial charge in [-0.05, 0) is 12.8 Å². The molecule has 0 saturated carbocycles. The standard InChI is InChI=1S/C13H19N3O2S/c1-3-5-10-13(18)16(6-9-7-19-8-14-9)11(4-2)12(17)15-10/h7-8,10-11H,3-6H2,1-2H3,(H,15,17). The van der Waals surface area contributed by atoms with E-state index < -0.39 is 0 Å². The first-order chi connectivity index (χ1) is 9.17. The molecule has 0 aliphatic carbocycles. The summed E-state index contributed by atoms with van der Waals surface area (Å²) in [6.45, 7) is 4.36. The number of amides is 2. The van der Waals surface area contributed by atoms with Crippen molar-refractivity contribution in [1.29, 1.82) is 0 Å². The predicted molar refractivity (Wildman–Crippen MR) is 73.6 cm³/mol. The van der Waals surface area contributed by atoms with E-state index in [4.69, 9.17) is 0 Å². The van der Waals surface area contributed by atoms with Gasteiger partial charge in [0, 0.05) is 5.38 Å². The lowest BCUT2D eigenvalue weighted by Crippen LogP contribution is -2.62. The predicted octanol–water partition coefficient (Wildman–Crippen LogP) is 1.55. The summed E-state index contributed by atoms with van der Waals surface area (Å²) in [6.07, 6.45) is 2.19. The average molecular weight is 281 g/mol. The third-order valence-electron chi connectivity index (χ3n) is 3.36.